The van der Waals surface area contributed by atoms with Gasteiger partial charge >= 0.3 is 0 Å². The van der Waals surface area contributed by atoms with Crippen LogP contribution in [-0.2, 0) is 16.6 Å². The van der Waals surface area contributed by atoms with Crippen LogP contribution in [0.2, 0.25) is 0 Å². The Hall–Kier alpha value is -1.11. The molecule has 0 spiro atoms. The summed E-state index contributed by atoms with van der Waals surface area (Å²) in [6.45, 7) is 3.72. The molecule has 1 heterocycles. The lowest BCUT2D eigenvalue weighted by Crippen LogP contribution is -2.23. The Bertz CT molecular complexity index is 692. The molecule has 0 bridgehead atoms. The van der Waals surface area contributed by atoms with Gasteiger partial charge < -0.3 is 4.42 Å². The fourth-order valence-electron chi connectivity index (χ4n) is 1.69. The molecule has 0 aliphatic carbocycles. The van der Waals surface area contributed by atoms with Crippen molar-refractivity contribution >= 4 is 26.0 Å². The Labute approximate surface area is 121 Å². The highest BCUT2D eigenvalue weighted by molar-refractivity contribution is 9.10. The van der Waals surface area contributed by atoms with Crippen LogP contribution in [0.3, 0.4) is 0 Å². The number of hydrogen-bond acceptors (Lipinski definition) is 3. The van der Waals surface area contributed by atoms with Crippen LogP contribution >= 0.6 is 15.9 Å². The van der Waals surface area contributed by atoms with E-state index >= 15 is 0 Å². The maximum Gasteiger partial charge on any atom is 0.241 e. The summed E-state index contributed by atoms with van der Waals surface area (Å²) < 4.78 is 33.0. The Morgan fingerprint density at radius 1 is 1.21 bits per heavy atom. The lowest BCUT2D eigenvalue weighted by atomic mass is 10.2. The predicted octanol–water partition coefficient (Wildman–Crippen LogP) is 3.14. The van der Waals surface area contributed by atoms with E-state index in [2.05, 4.69) is 20.7 Å². The molecule has 0 saturated carbocycles. The molecule has 102 valence electrons. The van der Waals surface area contributed by atoms with E-state index in [-0.39, 0.29) is 11.4 Å². The largest absolute Gasteiger partial charge is 0.465 e. The van der Waals surface area contributed by atoms with Crippen molar-refractivity contribution in [1.29, 1.82) is 0 Å². The Morgan fingerprint density at radius 2 is 1.95 bits per heavy atom. The highest BCUT2D eigenvalue weighted by Crippen LogP contribution is 2.20. The molecule has 2 aromatic rings. The zero-order chi connectivity index (χ0) is 14.0. The van der Waals surface area contributed by atoms with Crippen molar-refractivity contribution in [2.75, 3.05) is 0 Å². The highest BCUT2D eigenvalue weighted by atomic mass is 79.9. The second kappa shape index (κ2) is 5.48. The van der Waals surface area contributed by atoms with Crippen molar-refractivity contribution < 1.29 is 12.8 Å². The zero-order valence-electron chi connectivity index (χ0n) is 10.6. The molecule has 1 N–H and O–H groups in total. The second-order valence-corrected chi connectivity index (χ2v) is 6.90. The minimum Gasteiger partial charge on any atom is -0.465 e. The number of benzene rings is 1. The van der Waals surface area contributed by atoms with Crippen LogP contribution in [0, 0.1) is 13.8 Å². The van der Waals surface area contributed by atoms with E-state index in [1.165, 1.54) is 0 Å². The van der Waals surface area contributed by atoms with Gasteiger partial charge in [0.2, 0.25) is 10.0 Å². The number of rotatable bonds is 4. The minimum absolute atomic E-state index is 0.141. The number of hydrogen-bond donors (Lipinski definition) is 1. The first-order valence-electron chi connectivity index (χ1n) is 5.69. The third kappa shape index (κ3) is 3.46. The number of nitrogens with one attached hydrogen (secondary N) is 1. The molecule has 0 atom stereocenters. The topological polar surface area (TPSA) is 59.3 Å². The normalized spacial score (nSPS) is 11.7. The molecule has 0 amide bonds. The Morgan fingerprint density at radius 3 is 2.58 bits per heavy atom. The molecule has 19 heavy (non-hydrogen) atoms. The first-order valence-corrected chi connectivity index (χ1v) is 7.97. The summed E-state index contributed by atoms with van der Waals surface area (Å²) in [5, 5.41) is 0. The van der Waals surface area contributed by atoms with Gasteiger partial charge in [-0.15, -0.1) is 0 Å². The van der Waals surface area contributed by atoms with Crippen LogP contribution in [-0.4, -0.2) is 8.42 Å². The van der Waals surface area contributed by atoms with Gasteiger partial charge in [-0.3, -0.25) is 0 Å². The summed E-state index contributed by atoms with van der Waals surface area (Å²) in [6, 6.07) is 8.71. The summed E-state index contributed by atoms with van der Waals surface area (Å²) in [4.78, 5) is 0.269. The summed E-state index contributed by atoms with van der Waals surface area (Å²) in [6.07, 6.45) is 0. The van der Waals surface area contributed by atoms with Crippen LogP contribution < -0.4 is 4.72 Å². The van der Waals surface area contributed by atoms with Crippen molar-refractivity contribution in [1.82, 2.24) is 4.72 Å². The van der Waals surface area contributed by atoms with Crippen molar-refractivity contribution in [2.24, 2.45) is 0 Å². The van der Waals surface area contributed by atoms with Crippen molar-refractivity contribution in [2.45, 2.75) is 25.3 Å². The maximum absolute atomic E-state index is 12.2. The SMILES string of the molecule is Cc1ccc(CNS(=O)(=O)c2cc(Br)ccc2C)o1. The molecule has 0 radical (unpaired) electrons. The van der Waals surface area contributed by atoms with Crippen LogP contribution in [0.1, 0.15) is 17.1 Å². The van der Waals surface area contributed by atoms with E-state index in [4.69, 9.17) is 4.42 Å². The highest BCUT2D eigenvalue weighted by Gasteiger charge is 2.17. The Balaban J connectivity index is 2.20. The van der Waals surface area contributed by atoms with Crippen molar-refractivity contribution in [3.05, 3.63) is 51.9 Å². The fraction of sp³-hybridized carbons (Fsp3) is 0.231. The van der Waals surface area contributed by atoms with Crippen LogP contribution in [0.15, 0.2) is 44.1 Å². The molecular formula is C13H14BrNO3S. The summed E-state index contributed by atoms with van der Waals surface area (Å²) in [5.74, 6) is 1.35. The number of halogens is 1. The molecule has 0 aliphatic heterocycles. The van der Waals surface area contributed by atoms with Gasteiger partial charge in [0.1, 0.15) is 11.5 Å². The van der Waals surface area contributed by atoms with E-state index < -0.39 is 10.0 Å². The van der Waals surface area contributed by atoms with Gasteiger partial charge in [0.15, 0.2) is 0 Å². The van der Waals surface area contributed by atoms with Gasteiger partial charge in [-0.05, 0) is 43.7 Å². The standard InChI is InChI=1S/C13H14BrNO3S/c1-9-3-5-11(14)7-13(9)19(16,17)15-8-12-6-4-10(2)18-12/h3-7,15H,8H2,1-2H3. The van der Waals surface area contributed by atoms with Gasteiger partial charge in [0.05, 0.1) is 11.4 Å². The molecular weight excluding hydrogens is 330 g/mol. The third-order valence-electron chi connectivity index (χ3n) is 2.67. The van der Waals surface area contributed by atoms with E-state index in [1.54, 1.807) is 31.2 Å². The van der Waals surface area contributed by atoms with E-state index in [0.29, 0.717) is 11.3 Å². The molecule has 0 saturated heterocycles. The summed E-state index contributed by atoms with van der Waals surface area (Å²) >= 11 is 3.28. The Kier molecular flexibility index (Phi) is 4.13. The predicted molar refractivity (Wildman–Crippen MR) is 76.3 cm³/mol. The van der Waals surface area contributed by atoms with E-state index in [0.717, 1.165) is 10.2 Å². The monoisotopic (exact) mass is 343 g/mol. The smallest absolute Gasteiger partial charge is 0.241 e. The van der Waals surface area contributed by atoms with Crippen LogP contribution in [0.5, 0.6) is 0 Å². The quantitative estimate of drug-likeness (QED) is 0.927. The van der Waals surface area contributed by atoms with Gasteiger partial charge in [-0.25, -0.2) is 13.1 Å². The number of sulfonamides is 1. The lowest BCUT2D eigenvalue weighted by Gasteiger charge is -2.08. The minimum atomic E-state index is -3.54. The van der Waals surface area contributed by atoms with Gasteiger partial charge in [0.25, 0.3) is 0 Å². The molecule has 2 rings (SSSR count). The van der Waals surface area contributed by atoms with E-state index in [9.17, 15) is 8.42 Å². The maximum atomic E-state index is 12.2. The molecule has 0 unspecified atom stereocenters. The molecule has 0 aliphatic rings. The fourth-order valence-corrected chi connectivity index (χ4v) is 3.46. The second-order valence-electron chi connectivity index (χ2n) is 4.25. The third-order valence-corrected chi connectivity index (χ3v) is 4.71. The molecule has 0 fully saturated rings. The number of aryl methyl sites for hydroxylation is 2. The average molecular weight is 344 g/mol. The van der Waals surface area contributed by atoms with E-state index in [1.807, 2.05) is 13.0 Å². The van der Waals surface area contributed by atoms with Gasteiger partial charge in [-0.2, -0.15) is 0 Å². The summed E-state index contributed by atoms with van der Waals surface area (Å²) in [7, 11) is -3.54. The van der Waals surface area contributed by atoms with Crippen molar-refractivity contribution in [3.8, 4) is 0 Å². The van der Waals surface area contributed by atoms with Crippen LogP contribution in [0.25, 0.3) is 0 Å². The summed E-state index contributed by atoms with van der Waals surface area (Å²) in [5.41, 5.74) is 0.700. The average Bonchev–Trinajstić information content (AvgIpc) is 2.76. The first kappa shape index (κ1) is 14.3. The number of furan rings is 1. The van der Waals surface area contributed by atoms with Crippen molar-refractivity contribution in [3.63, 3.8) is 0 Å². The van der Waals surface area contributed by atoms with Gasteiger partial charge in [-0.1, -0.05) is 22.0 Å². The zero-order valence-corrected chi connectivity index (χ0v) is 13.0. The molecule has 1 aromatic carbocycles. The molecule has 4 nitrogen and oxygen atoms in total. The van der Waals surface area contributed by atoms with Crippen LogP contribution in [0.4, 0.5) is 0 Å². The lowest BCUT2D eigenvalue weighted by molar-refractivity contribution is 0.475. The van der Waals surface area contributed by atoms with Gasteiger partial charge in [0, 0.05) is 4.47 Å². The molecule has 1 aromatic heterocycles. The molecule has 6 heteroatoms. The first-order chi connectivity index (χ1) is 8.88.